The van der Waals surface area contributed by atoms with Crippen molar-refractivity contribution in [2.75, 3.05) is 5.75 Å². The highest BCUT2D eigenvalue weighted by molar-refractivity contribution is 8.01. The SMILES string of the molecule is O=C(CSc1nccs1)C1CCCCC1. The van der Waals surface area contributed by atoms with Crippen LogP contribution in [0.2, 0.25) is 0 Å². The fourth-order valence-electron chi connectivity index (χ4n) is 1.96. The molecule has 1 aliphatic rings. The summed E-state index contributed by atoms with van der Waals surface area (Å²) >= 11 is 3.20. The molecular formula is C11H15NOS2. The first-order valence-electron chi connectivity index (χ1n) is 5.41. The second kappa shape index (κ2) is 5.66. The first kappa shape index (κ1) is 11.1. The zero-order valence-corrected chi connectivity index (χ0v) is 10.3. The Kier molecular flexibility index (Phi) is 4.20. The van der Waals surface area contributed by atoms with Crippen LogP contribution in [0, 0.1) is 5.92 Å². The van der Waals surface area contributed by atoms with Crippen molar-refractivity contribution < 1.29 is 4.79 Å². The van der Waals surface area contributed by atoms with E-state index in [0.29, 0.717) is 17.5 Å². The molecular weight excluding hydrogens is 226 g/mol. The van der Waals surface area contributed by atoms with Crippen molar-refractivity contribution in [1.29, 1.82) is 0 Å². The van der Waals surface area contributed by atoms with Gasteiger partial charge in [-0.3, -0.25) is 4.79 Å². The monoisotopic (exact) mass is 241 g/mol. The Morgan fingerprint density at radius 2 is 2.27 bits per heavy atom. The third-order valence-electron chi connectivity index (χ3n) is 2.81. The number of hydrogen-bond donors (Lipinski definition) is 0. The number of rotatable bonds is 4. The Labute approximate surface area is 98.5 Å². The van der Waals surface area contributed by atoms with Crippen molar-refractivity contribution in [1.82, 2.24) is 4.98 Å². The van der Waals surface area contributed by atoms with Crippen LogP contribution in [-0.2, 0) is 4.79 Å². The summed E-state index contributed by atoms with van der Waals surface area (Å²) in [6.45, 7) is 0. The lowest BCUT2D eigenvalue weighted by Crippen LogP contribution is -2.19. The molecule has 15 heavy (non-hydrogen) atoms. The van der Waals surface area contributed by atoms with Crippen molar-refractivity contribution >= 4 is 28.9 Å². The Bertz CT molecular complexity index is 304. The van der Waals surface area contributed by atoms with Crippen molar-refractivity contribution in [3.8, 4) is 0 Å². The van der Waals surface area contributed by atoms with E-state index < -0.39 is 0 Å². The fourth-order valence-corrected chi connectivity index (χ4v) is 3.57. The molecule has 1 fully saturated rings. The van der Waals surface area contributed by atoms with E-state index in [2.05, 4.69) is 4.98 Å². The summed E-state index contributed by atoms with van der Waals surface area (Å²) in [5.74, 6) is 1.37. The molecule has 0 aliphatic heterocycles. The molecule has 82 valence electrons. The van der Waals surface area contributed by atoms with Crippen LogP contribution in [0.4, 0.5) is 0 Å². The molecule has 2 nitrogen and oxygen atoms in total. The predicted molar refractivity (Wildman–Crippen MR) is 64.4 cm³/mol. The minimum atomic E-state index is 0.339. The van der Waals surface area contributed by atoms with Gasteiger partial charge in [0.2, 0.25) is 0 Å². The van der Waals surface area contributed by atoms with Gasteiger partial charge in [-0.25, -0.2) is 4.98 Å². The van der Waals surface area contributed by atoms with E-state index in [-0.39, 0.29) is 0 Å². The molecule has 0 radical (unpaired) electrons. The van der Waals surface area contributed by atoms with Crippen LogP contribution in [-0.4, -0.2) is 16.5 Å². The van der Waals surface area contributed by atoms with Crippen LogP contribution in [0.5, 0.6) is 0 Å². The molecule has 0 saturated heterocycles. The lowest BCUT2D eigenvalue weighted by atomic mass is 9.87. The molecule has 1 saturated carbocycles. The van der Waals surface area contributed by atoms with E-state index in [0.717, 1.165) is 17.2 Å². The largest absolute Gasteiger partial charge is 0.298 e. The summed E-state index contributed by atoms with van der Waals surface area (Å²) in [7, 11) is 0. The highest BCUT2D eigenvalue weighted by Gasteiger charge is 2.20. The predicted octanol–water partition coefficient (Wildman–Crippen LogP) is 3.38. The van der Waals surface area contributed by atoms with Gasteiger partial charge < -0.3 is 0 Å². The van der Waals surface area contributed by atoms with Crippen LogP contribution in [0.1, 0.15) is 32.1 Å². The molecule has 1 aromatic heterocycles. The highest BCUT2D eigenvalue weighted by atomic mass is 32.2. The molecule has 1 heterocycles. The minimum Gasteiger partial charge on any atom is -0.298 e. The number of nitrogens with zero attached hydrogens (tertiary/aromatic N) is 1. The number of thiazole rings is 1. The van der Waals surface area contributed by atoms with Crippen molar-refractivity contribution in [3.63, 3.8) is 0 Å². The summed E-state index contributed by atoms with van der Waals surface area (Å²) in [5, 5.41) is 1.95. The van der Waals surface area contributed by atoms with Crippen molar-refractivity contribution in [3.05, 3.63) is 11.6 Å². The van der Waals surface area contributed by atoms with Gasteiger partial charge in [0.15, 0.2) is 0 Å². The quantitative estimate of drug-likeness (QED) is 0.757. The molecule has 0 unspecified atom stereocenters. The molecule has 0 bridgehead atoms. The lowest BCUT2D eigenvalue weighted by molar-refractivity contribution is -0.121. The van der Waals surface area contributed by atoms with Gasteiger partial charge in [0.25, 0.3) is 0 Å². The average molecular weight is 241 g/mol. The second-order valence-electron chi connectivity index (χ2n) is 3.89. The van der Waals surface area contributed by atoms with Gasteiger partial charge in [0.05, 0.1) is 5.75 Å². The molecule has 0 aromatic carbocycles. The van der Waals surface area contributed by atoms with Gasteiger partial charge in [-0.05, 0) is 12.8 Å². The second-order valence-corrected chi connectivity index (χ2v) is 6.00. The van der Waals surface area contributed by atoms with Crippen LogP contribution in [0.25, 0.3) is 0 Å². The normalized spacial score (nSPS) is 17.9. The topological polar surface area (TPSA) is 30.0 Å². The third-order valence-corrected chi connectivity index (χ3v) is 4.80. The minimum absolute atomic E-state index is 0.339. The average Bonchev–Trinajstić information content (AvgIpc) is 2.80. The van der Waals surface area contributed by atoms with E-state index in [9.17, 15) is 4.79 Å². The molecule has 4 heteroatoms. The Morgan fingerprint density at radius 1 is 1.47 bits per heavy atom. The zero-order valence-electron chi connectivity index (χ0n) is 8.65. The van der Waals surface area contributed by atoms with E-state index in [1.165, 1.54) is 19.3 Å². The summed E-state index contributed by atoms with van der Waals surface area (Å²) in [5.41, 5.74) is 0. The number of thioether (sulfide) groups is 1. The molecule has 1 aliphatic carbocycles. The van der Waals surface area contributed by atoms with Gasteiger partial charge >= 0.3 is 0 Å². The van der Waals surface area contributed by atoms with Gasteiger partial charge in [-0.2, -0.15) is 0 Å². The van der Waals surface area contributed by atoms with E-state index in [1.54, 1.807) is 29.3 Å². The lowest BCUT2D eigenvalue weighted by Gasteiger charge is -2.19. The standard InChI is InChI=1S/C11H15NOS2/c13-10(9-4-2-1-3-5-9)8-15-11-12-6-7-14-11/h6-7,9H,1-5,8H2. The number of hydrogen-bond acceptors (Lipinski definition) is 4. The Hall–Kier alpha value is -0.350. The van der Waals surface area contributed by atoms with Gasteiger partial charge in [-0.1, -0.05) is 31.0 Å². The summed E-state index contributed by atoms with van der Waals surface area (Å²) in [6, 6.07) is 0. The van der Waals surface area contributed by atoms with Crippen molar-refractivity contribution in [2.45, 2.75) is 36.4 Å². The number of Topliss-reactive ketones (excluding diaryl/α,β-unsaturated/α-hetero) is 1. The first-order chi connectivity index (χ1) is 7.36. The molecule has 0 amide bonds. The maximum atomic E-state index is 11.8. The van der Waals surface area contributed by atoms with Crippen molar-refractivity contribution in [2.24, 2.45) is 5.92 Å². The zero-order chi connectivity index (χ0) is 10.5. The van der Waals surface area contributed by atoms with E-state index >= 15 is 0 Å². The highest BCUT2D eigenvalue weighted by Crippen LogP contribution is 2.27. The molecule has 0 spiro atoms. The number of carbonyl (C=O) groups is 1. The number of ketones is 1. The van der Waals surface area contributed by atoms with E-state index in [4.69, 9.17) is 0 Å². The first-order valence-corrected chi connectivity index (χ1v) is 7.28. The summed E-state index contributed by atoms with van der Waals surface area (Å²) < 4.78 is 1.01. The molecule has 0 atom stereocenters. The number of carbonyl (C=O) groups excluding carboxylic acids is 1. The molecule has 2 rings (SSSR count). The fraction of sp³-hybridized carbons (Fsp3) is 0.636. The van der Waals surface area contributed by atoms with Gasteiger partial charge in [0.1, 0.15) is 10.1 Å². The van der Waals surface area contributed by atoms with Crippen LogP contribution >= 0.6 is 23.1 Å². The maximum Gasteiger partial charge on any atom is 0.150 e. The van der Waals surface area contributed by atoms with Gasteiger partial charge in [-0.15, -0.1) is 11.3 Å². The maximum absolute atomic E-state index is 11.8. The Balaban J connectivity index is 1.76. The number of aromatic nitrogens is 1. The smallest absolute Gasteiger partial charge is 0.150 e. The third kappa shape index (κ3) is 3.31. The Morgan fingerprint density at radius 3 is 2.93 bits per heavy atom. The molecule has 1 aromatic rings. The summed E-state index contributed by atoms with van der Waals surface area (Å²) in [6.07, 6.45) is 7.78. The van der Waals surface area contributed by atoms with Crippen LogP contribution in [0.3, 0.4) is 0 Å². The van der Waals surface area contributed by atoms with E-state index in [1.807, 2.05) is 5.38 Å². The molecule has 0 N–H and O–H groups in total. The van der Waals surface area contributed by atoms with Crippen LogP contribution < -0.4 is 0 Å². The van der Waals surface area contributed by atoms with Gasteiger partial charge in [0, 0.05) is 17.5 Å². The summed E-state index contributed by atoms with van der Waals surface area (Å²) in [4.78, 5) is 16.0. The van der Waals surface area contributed by atoms with Crippen LogP contribution in [0.15, 0.2) is 15.9 Å².